The fourth-order valence-corrected chi connectivity index (χ4v) is 4.89. The Morgan fingerprint density at radius 1 is 1.06 bits per heavy atom. The lowest BCUT2D eigenvalue weighted by Gasteiger charge is -2.21. The Morgan fingerprint density at radius 2 is 1.82 bits per heavy atom. The number of hydrogen-bond donors (Lipinski definition) is 2. The van der Waals surface area contributed by atoms with E-state index in [1.807, 2.05) is 37.3 Å². The topological polar surface area (TPSA) is 118 Å². The minimum atomic E-state index is -3.83. The highest BCUT2D eigenvalue weighted by Gasteiger charge is 2.23. The van der Waals surface area contributed by atoms with E-state index in [4.69, 9.17) is 9.88 Å². The van der Waals surface area contributed by atoms with Crippen molar-refractivity contribution in [2.45, 2.75) is 25.3 Å². The Morgan fingerprint density at radius 3 is 2.59 bits per heavy atom. The molecule has 0 radical (unpaired) electrons. The Labute approximate surface area is 197 Å². The van der Waals surface area contributed by atoms with Gasteiger partial charge in [0.2, 0.25) is 10.0 Å². The van der Waals surface area contributed by atoms with Gasteiger partial charge in [-0.1, -0.05) is 12.1 Å². The Bertz CT molecular complexity index is 1540. The lowest BCUT2D eigenvalue weighted by Crippen LogP contribution is -2.33. The molecule has 1 aliphatic heterocycles. The van der Waals surface area contributed by atoms with E-state index in [9.17, 15) is 13.2 Å². The van der Waals surface area contributed by atoms with Crippen LogP contribution in [0.15, 0.2) is 59.5 Å². The third kappa shape index (κ3) is 4.15. The van der Waals surface area contributed by atoms with Crippen molar-refractivity contribution in [3.63, 3.8) is 0 Å². The van der Waals surface area contributed by atoms with Gasteiger partial charge in [0, 0.05) is 17.7 Å². The van der Waals surface area contributed by atoms with Crippen molar-refractivity contribution < 1.29 is 17.9 Å². The average molecular weight is 477 g/mol. The Hall–Kier alpha value is -3.69. The van der Waals surface area contributed by atoms with Gasteiger partial charge < -0.3 is 14.6 Å². The number of imidazole rings is 1. The molecule has 0 spiro atoms. The number of fused-ring (bicyclic) bond motifs is 2. The number of carbonyl (C=O) groups is 1. The third-order valence-electron chi connectivity index (χ3n) is 6.02. The molecule has 0 bridgehead atoms. The first kappa shape index (κ1) is 22.1. The molecule has 0 atom stereocenters. The van der Waals surface area contributed by atoms with Crippen LogP contribution in [-0.2, 0) is 16.6 Å². The number of nitrogens with one attached hydrogen (secondary N) is 1. The van der Waals surface area contributed by atoms with Crippen LogP contribution in [0.1, 0.15) is 27.3 Å². The third-order valence-corrected chi connectivity index (χ3v) is 6.93. The molecule has 174 valence electrons. The second-order valence-electron chi connectivity index (χ2n) is 8.47. The van der Waals surface area contributed by atoms with Crippen LogP contribution in [0, 0.1) is 13.8 Å². The van der Waals surface area contributed by atoms with Gasteiger partial charge in [0.1, 0.15) is 18.2 Å². The van der Waals surface area contributed by atoms with Gasteiger partial charge >= 0.3 is 0 Å². The minimum Gasteiger partial charge on any atom is -0.491 e. The monoisotopic (exact) mass is 476 g/mol. The lowest BCUT2D eigenvalue weighted by molar-refractivity contribution is 0.0732. The molecule has 2 heterocycles. The van der Waals surface area contributed by atoms with Gasteiger partial charge in [0.15, 0.2) is 0 Å². The van der Waals surface area contributed by atoms with Crippen LogP contribution in [0.3, 0.4) is 0 Å². The number of aryl methyl sites for hydroxylation is 2. The summed E-state index contributed by atoms with van der Waals surface area (Å²) in [4.78, 5) is 22.8. The highest BCUT2D eigenvalue weighted by molar-refractivity contribution is 7.89. The lowest BCUT2D eigenvalue weighted by atomic mass is 10.0. The summed E-state index contributed by atoms with van der Waals surface area (Å²) in [7, 11) is -3.83. The van der Waals surface area contributed by atoms with E-state index in [0.29, 0.717) is 30.8 Å². The number of H-pyrrole nitrogens is 1. The SMILES string of the molecule is Cc1nc2ccc(-c3ccc4c(c3)CN(C(=O)c3ccc(S(N)(=O)=O)cc3C)CCO4)cc2[nH]1. The maximum absolute atomic E-state index is 13.3. The van der Waals surface area contributed by atoms with Gasteiger partial charge in [-0.25, -0.2) is 18.5 Å². The Kier molecular flexibility index (Phi) is 5.38. The first-order chi connectivity index (χ1) is 16.2. The summed E-state index contributed by atoms with van der Waals surface area (Å²) in [5.41, 5.74) is 5.83. The van der Waals surface area contributed by atoms with Crippen molar-refractivity contribution in [1.29, 1.82) is 0 Å². The van der Waals surface area contributed by atoms with Crippen molar-refractivity contribution in [2.24, 2.45) is 5.14 Å². The molecular weight excluding hydrogens is 452 g/mol. The van der Waals surface area contributed by atoms with E-state index in [0.717, 1.165) is 39.3 Å². The fraction of sp³-hybridized carbons (Fsp3) is 0.200. The number of ether oxygens (including phenoxy) is 1. The number of benzene rings is 3. The predicted molar refractivity (Wildman–Crippen MR) is 129 cm³/mol. The van der Waals surface area contributed by atoms with Gasteiger partial charge in [-0.05, 0) is 73.0 Å². The molecule has 0 aliphatic carbocycles. The second-order valence-corrected chi connectivity index (χ2v) is 10.0. The van der Waals surface area contributed by atoms with Crippen LogP contribution in [0.2, 0.25) is 0 Å². The number of carbonyl (C=O) groups excluding carboxylic acids is 1. The summed E-state index contributed by atoms with van der Waals surface area (Å²) in [6, 6.07) is 16.4. The quantitative estimate of drug-likeness (QED) is 0.469. The van der Waals surface area contributed by atoms with Crippen LogP contribution in [0.25, 0.3) is 22.2 Å². The second kappa shape index (κ2) is 8.27. The summed E-state index contributed by atoms with van der Waals surface area (Å²) < 4.78 is 29.2. The number of aromatic amines is 1. The summed E-state index contributed by atoms with van der Waals surface area (Å²) in [6.07, 6.45) is 0. The van der Waals surface area contributed by atoms with E-state index in [-0.39, 0.29) is 10.8 Å². The smallest absolute Gasteiger partial charge is 0.254 e. The molecule has 3 aromatic carbocycles. The van der Waals surface area contributed by atoms with E-state index in [2.05, 4.69) is 16.0 Å². The number of sulfonamides is 1. The molecule has 0 fully saturated rings. The number of hydrogen-bond acceptors (Lipinski definition) is 5. The van der Waals surface area contributed by atoms with Crippen LogP contribution < -0.4 is 9.88 Å². The van der Waals surface area contributed by atoms with Gasteiger partial charge in [-0.3, -0.25) is 4.79 Å². The summed E-state index contributed by atoms with van der Waals surface area (Å²) in [5, 5.41) is 5.22. The summed E-state index contributed by atoms with van der Waals surface area (Å²) in [6.45, 7) is 4.79. The molecule has 5 rings (SSSR count). The van der Waals surface area contributed by atoms with Crippen molar-refractivity contribution in [1.82, 2.24) is 14.9 Å². The van der Waals surface area contributed by atoms with E-state index in [1.54, 1.807) is 11.8 Å². The van der Waals surface area contributed by atoms with E-state index in [1.165, 1.54) is 18.2 Å². The van der Waals surface area contributed by atoms with Crippen molar-refractivity contribution in [2.75, 3.05) is 13.2 Å². The molecule has 8 nitrogen and oxygen atoms in total. The molecule has 9 heteroatoms. The van der Waals surface area contributed by atoms with Gasteiger partial charge in [0.25, 0.3) is 5.91 Å². The minimum absolute atomic E-state index is 0.0137. The zero-order valence-corrected chi connectivity index (χ0v) is 19.6. The first-order valence-corrected chi connectivity index (χ1v) is 12.4. The average Bonchev–Trinajstić information content (AvgIpc) is 3.03. The molecule has 0 unspecified atom stereocenters. The van der Waals surface area contributed by atoms with Gasteiger partial charge in [-0.2, -0.15) is 0 Å². The van der Waals surface area contributed by atoms with Gasteiger partial charge in [0.05, 0.1) is 22.5 Å². The van der Waals surface area contributed by atoms with E-state index < -0.39 is 10.0 Å². The molecule has 1 aliphatic rings. The number of rotatable bonds is 3. The maximum Gasteiger partial charge on any atom is 0.254 e. The predicted octanol–water partition coefficient (Wildman–Crippen LogP) is 3.53. The summed E-state index contributed by atoms with van der Waals surface area (Å²) >= 11 is 0. The molecular formula is C25H24N4O4S. The number of aromatic nitrogens is 2. The first-order valence-electron chi connectivity index (χ1n) is 10.8. The Balaban J connectivity index is 1.45. The number of primary sulfonamides is 1. The molecule has 3 N–H and O–H groups in total. The zero-order valence-electron chi connectivity index (χ0n) is 18.8. The summed E-state index contributed by atoms with van der Waals surface area (Å²) in [5.74, 6) is 1.43. The fourth-order valence-electron chi connectivity index (χ4n) is 4.29. The molecule has 34 heavy (non-hydrogen) atoms. The molecule has 1 aromatic heterocycles. The van der Waals surface area contributed by atoms with Crippen LogP contribution in [0.5, 0.6) is 5.75 Å². The van der Waals surface area contributed by atoms with Crippen molar-refractivity contribution in [3.8, 4) is 16.9 Å². The highest BCUT2D eigenvalue weighted by atomic mass is 32.2. The van der Waals surface area contributed by atoms with Gasteiger partial charge in [-0.15, -0.1) is 0 Å². The standard InChI is InChI=1S/C25H24N4O4S/c1-15-11-20(34(26,31)32)5-6-21(15)25(30)29-9-10-33-24-8-4-17(12-19(24)14-29)18-3-7-22-23(13-18)28-16(2)27-22/h3-8,11-13H,9-10,14H2,1-2H3,(H,27,28)(H2,26,31,32). The molecule has 0 saturated heterocycles. The zero-order chi connectivity index (χ0) is 24.0. The van der Waals surface area contributed by atoms with Crippen LogP contribution in [0.4, 0.5) is 0 Å². The van der Waals surface area contributed by atoms with E-state index >= 15 is 0 Å². The van der Waals surface area contributed by atoms with Crippen LogP contribution in [-0.4, -0.2) is 42.3 Å². The number of nitrogens with zero attached hydrogens (tertiary/aromatic N) is 2. The van der Waals surface area contributed by atoms with Crippen LogP contribution >= 0.6 is 0 Å². The molecule has 4 aromatic rings. The highest BCUT2D eigenvalue weighted by Crippen LogP contribution is 2.31. The number of nitrogens with two attached hydrogens (primary N) is 1. The maximum atomic E-state index is 13.3. The molecule has 1 amide bonds. The van der Waals surface area contributed by atoms with Crippen molar-refractivity contribution in [3.05, 3.63) is 77.1 Å². The number of amides is 1. The molecule has 0 saturated carbocycles. The normalized spacial score (nSPS) is 13.9. The largest absolute Gasteiger partial charge is 0.491 e. The van der Waals surface area contributed by atoms with Crippen molar-refractivity contribution >= 4 is 27.0 Å².